The summed E-state index contributed by atoms with van der Waals surface area (Å²) in [5.41, 5.74) is 9.65. The monoisotopic (exact) mass is 456 g/mol. The van der Waals surface area contributed by atoms with E-state index < -0.39 is 10.0 Å². The molecular weight excluding hydrogens is 428 g/mol. The molecule has 0 atom stereocenters. The van der Waals surface area contributed by atoms with Crippen LogP contribution in [0.5, 0.6) is 0 Å². The molecule has 170 valence electrons. The minimum absolute atomic E-state index is 0.109. The van der Waals surface area contributed by atoms with Gasteiger partial charge in [-0.2, -0.15) is 4.31 Å². The average Bonchev–Trinajstić information content (AvgIpc) is 3.30. The van der Waals surface area contributed by atoms with Crippen molar-refractivity contribution in [1.29, 1.82) is 0 Å². The number of hydrogen-bond donors (Lipinski definition) is 3. The topological polar surface area (TPSA) is 133 Å². The summed E-state index contributed by atoms with van der Waals surface area (Å²) in [5, 5.41) is 3.13. The second-order valence-corrected chi connectivity index (χ2v) is 9.88. The summed E-state index contributed by atoms with van der Waals surface area (Å²) < 4.78 is 25.7. The highest BCUT2D eigenvalue weighted by Gasteiger charge is 2.26. The first-order valence-corrected chi connectivity index (χ1v) is 12.2. The Labute approximate surface area is 187 Å². The summed E-state index contributed by atoms with van der Waals surface area (Å²) in [6, 6.07) is 8.22. The van der Waals surface area contributed by atoms with E-state index in [2.05, 4.69) is 37.4 Å². The number of hydrogen-bond acceptors (Lipinski definition) is 8. The second-order valence-electron chi connectivity index (χ2n) is 7.62. The van der Waals surface area contributed by atoms with E-state index in [9.17, 15) is 8.42 Å². The molecule has 0 radical (unpaired) electrons. The molecule has 10 nitrogen and oxygen atoms in total. The number of aromatic amines is 1. The van der Waals surface area contributed by atoms with Crippen molar-refractivity contribution in [2.45, 2.75) is 13.5 Å². The van der Waals surface area contributed by atoms with Crippen molar-refractivity contribution >= 4 is 21.7 Å². The van der Waals surface area contributed by atoms with Gasteiger partial charge in [0.15, 0.2) is 17.3 Å². The molecule has 0 amide bonds. The first-order chi connectivity index (χ1) is 15.4. The lowest BCUT2D eigenvalue weighted by molar-refractivity contribution is 0.384. The predicted molar refractivity (Wildman–Crippen MR) is 125 cm³/mol. The zero-order chi connectivity index (χ0) is 22.7. The highest BCUT2D eigenvalue weighted by Crippen LogP contribution is 2.26. The zero-order valence-electron chi connectivity index (χ0n) is 18.2. The average molecular weight is 457 g/mol. The minimum atomic E-state index is -3.18. The number of nitrogens with two attached hydrogens (primary N) is 1. The van der Waals surface area contributed by atoms with E-state index in [0.717, 1.165) is 17.8 Å². The SMILES string of the molecule is CCS(=O)(=O)N1CCN(c2cnc(N)c(-c3ncc(-c4ccc(CNC)cc4)[nH]3)n2)CC1. The van der Waals surface area contributed by atoms with Gasteiger partial charge in [-0.15, -0.1) is 0 Å². The van der Waals surface area contributed by atoms with Gasteiger partial charge in [-0.05, 0) is 25.1 Å². The highest BCUT2D eigenvalue weighted by molar-refractivity contribution is 7.89. The molecule has 1 aliphatic rings. The summed E-state index contributed by atoms with van der Waals surface area (Å²) in [6.07, 6.45) is 3.37. The highest BCUT2D eigenvalue weighted by atomic mass is 32.2. The van der Waals surface area contributed by atoms with Gasteiger partial charge in [-0.3, -0.25) is 0 Å². The van der Waals surface area contributed by atoms with Crippen LogP contribution in [0.15, 0.2) is 36.7 Å². The lowest BCUT2D eigenvalue weighted by atomic mass is 10.1. The van der Waals surface area contributed by atoms with E-state index in [1.165, 1.54) is 9.87 Å². The molecule has 0 aliphatic carbocycles. The number of benzene rings is 1. The van der Waals surface area contributed by atoms with Crippen LogP contribution in [0.1, 0.15) is 12.5 Å². The lowest BCUT2D eigenvalue weighted by Gasteiger charge is -2.34. The van der Waals surface area contributed by atoms with Crippen molar-refractivity contribution < 1.29 is 8.42 Å². The zero-order valence-corrected chi connectivity index (χ0v) is 19.1. The van der Waals surface area contributed by atoms with Gasteiger partial charge in [0, 0.05) is 32.7 Å². The molecule has 4 rings (SSSR count). The summed E-state index contributed by atoms with van der Waals surface area (Å²) in [4.78, 5) is 18.8. The molecule has 1 saturated heterocycles. The normalized spacial score (nSPS) is 15.2. The number of nitrogens with zero attached hydrogens (tertiary/aromatic N) is 5. The van der Waals surface area contributed by atoms with Crippen molar-refractivity contribution in [3.8, 4) is 22.8 Å². The van der Waals surface area contributed by atoms with Crippen molar-refractivity contribution in [3.63, 3.8) is 0 Å². The molecule has 32 heavy (non-hydrogen) atoms. The van der Waals surface area contributed by atoms with E-state index in [4.69, 9.17) is 5.73 Å². The van der Waals surface area contributed by atoms with Gasteiger partial charge < -0.3 is 20.9 Å². The van der Waals surface area contributed by atoms with E-state index >= 15 is 0 Å². The molecule has 0 saturated carbocycles. The fraction of sp³-hybridized carbons (Fsp3) is 0.381. The Morgan fingerprint density at radius 3 is 2.47 bits per heavy atom. The number of aromatic nitrogens is 4. The third-order valence-corrected chi connectivity index (χ3v) is 7.44. The van der Waals surface area contributed by atoms with Crippen LogP contribution in [0.2, 0.25) is 0 Å². The van der Waals surface area contributed by atoms with E-state index in [-0.39, 0.29) is 11.6 Å². The van der Waals surface area contributed by atoms with Crippen LogP contribution in [0.3, 0.4) is 0 Å². The lowest BCUT2D eigenvalue weighted by Crippen LogP contribution is -2.49. The smallest absolute Gasteiger partial charge is 0.213 e. The molecule has 0 unspecified atom stereocenters. The van der Waals surface area contributed by atoms with E-state index in [1.807, 2.05) is 24.1 Å². The summed E-state index contributed by atoms with van der Waals surface area (Å²) in [7, 11) is -1.26. The van der Waals surface area contributed by atoms with Gasteiger partial charge in [0.05, 0.1) is 23.8 Å². The van der Waals surface area contributed by atoms with E-state index in [1.54, 1.807) is 19.3 Å². The van der Waals surface area contributed by atoms with Gasteiger partial charge in [0.25, 0.3) is 0 Å². The molecule has 1 aliphatic heterocycles. The Bertz CT molecular complexity index is 1170. The fourth-order valence-corrected chi connectivity index (χ4v) is 4.77. The summed E-state index contributed by atoms with van der Waals surface area (Å²) in [6.45, 7) is 4.40. The number of H-pyrrole nitrogens is 1. The maximum absolute atomic E-state index is 12.1. The minimum Gasteiger partial charge on any atom is -0.382 e. The summed E-state index contributed by atoms with van der Waals surface area (Å²) >= 11 is 0. The molecule has 3 heterocycles. The van der Waals surface area contributed by atoms with Crippen molar-refractivity contribution in [2.24, 2.45) is 0 Å². The first kappa shape index (κ1) is 22.2. The molecule has 2 aromatic heterocycles. The third kappa shape index (κ3) is 4.59. The van der Waals surface area contributed by atoms with Crippen LogP contribution >= 0.6 is 0 Å². The molecule has 0 bridgehead atoms. The Hall–Kier alpha value is -3.02. The van der Waals surface area contributed by atoms with Crippen LogP contribution in [-0.4, -0.2) is 71.6 Å². The molecule has 11 heteroatoms. The Morgan fingerprint density at radius 2 is 1.81 bits per heavy atom. The van der Waals surface area contributed by atoms with Gasteiger partial charge in [0.2, 0.25) is 10.0 Å². The maximum Gasteiger partial charge on any atom is 0.213 e. The van der Waals surface area contributed by atoms with Crippen LogP contribution in [0.4, 0.5) is 11.6 Å². The van der Waals surface area contributed by atoms with Gasteiger partial charge >= 0.3 is 0 Å². The molecule has 1 fully saturated rings. The maximum atomic E-state index is 12.1. The molecule has 3 aromatic rings. The molecule has 0 spiro atoms. The number of sulfonamides is 1. The second kappa shape index (κ2) is 9.23. The number of imidazole rings is 1. The summed E-state index contributed by atoms with van der Waals surface area (Å²) in [5.74, 6) is 1.58. The van der Waals surface area contributed by atoms with Crippen LogP contribution < -0.4 is 16.0 Å². The van der Waals surface area contributed by atoms with Gasteiger partial charge in [0.1, 0.15) is 5.82 Å². The Morgan fingerprint density at radius 1 is 1.09 bits per heavy atom. The van der Waals surface area contributed by atoms with Crippen LogP contribution in [0, 0.1) is 0 Å². The Balaban J connectivity index is 1.53. The quantitative estimate of drug-likeness (QED) is 0.485. The van der Waals surface area contributed by atoms with Crippen LogP contribution in [-0.2, 0) is 16.6 Å². The van der Waals surface area contributed by atoms with Crippen LogP contribution in [0.25, 0.3) is 22.8 Å². The van der Waals surface area contributed by atoms with Gasteiger partial charge in [-0.1, -0.05) is 24.3 Å². The van der Waals surface area contributed by atoms with Crippen molar-refractivity contribution in [3.05, 3.63) is 42.2 Å². The predicted octanol–water partition coefficient (Wildman–Crippen LogP) is 1.31. The largest absolute Gasteiger partial charge is 0.382 e. The number of nitrogens with one attached hydrogen (secondary N) is 2. The third-order valence-electron chi connectivity index (χ3n) is 5.55. The molecular formula is C21H28N8O2S. The van der Waals surface area contributed by atoms with Crippen molar-refractivity contribution in [1.82, 2.24) is 29.6 Å². The Kier molecular flexibility index (Phi) is 6.40. The standard InChI is InChI=1S/C21H28N8O2S/c1-3-32(30,31)29-10-8-28(9-11-29)18-14-24-20(22)19(27-18)21-25-13-17(26-21)16-6-4-15(5-7-16)12-23-2/h4-7,13-14,23H,3,8-12H2,1-2H3,(H2,22,24)(H,25,26). The van der Waals surface area contributed by atoms with E-state index in [0.29, 0.717) is 43.5 Å². The number of piperazine rings is 1. The fourth-order valence-electron chi connectivity index (χ4n) is 3.69. The van der Waals surface area contributed by atoms with Gasteiger partial charge in [-0.25, -0.2) is 23.4 Å². The number of anilines is 2. The molecule has 1 aromatic carbocycles. The first-order valence-electron chi connectivity index (χ1n) is 10.6. The number of rotatable bonds is 7. The molecule has 4 N–H and O–H groups in total. The number of nitrogen functional groups attached to an aromatic ring is 1. The van der Waals surface area contributed by atoms with Crippen molar-refractivity contribution in [2.75, 3.05) is 49.6 Å².